The first-order valence-electron chi connectivity index (χ1n) is 7.96. The Kier molecular flexibility index (Phi) is 3.77. The van der Waals surface area contributed by atoms with Gasteiger partial charge in [0.25, 0.3) is 0 Å². The van der Waals surface area contributed by atoms with Gasteiger partial charge in [-0.15, -0.1) is 0 Å². The number of fused-ring (bicyclic) bond motifs is 1. The van der Waals surface area contributed by atoms with Crippen LogP contribution in [0.5, 0.6) is 5.75 Å². The van der Waals surface area contributed by atoms with Gasteiger partial charge in [-0.2, -0.15) is 0 Å². The van der Waals surface area contributed by atoms with E-state index in [1.54, 1.807) is 7.11 Å². The Morgan fingerprint density at radius 3 is 2.32 bits per heavy atom. The Bertz CT molecular complexity index is 827. The van der Waals surface area contributed by atoms with Crippen molar-refractivity contribution in [3.63, 3.8) is 0 Å². The standard InChI is InChI=1S/C18H18N4OS2/c1-18(12-6-4-3-5-7-12)15-19-16(24)21(22(15)17(25)20-18)13-8-10-14(23-2)11-9-13/h3-11,15H,1-2H3,(H,19,24)(H,20,25)/t15-,18-/m1/s1. The van der Waals surface area contributed by atoms with Crippen LogP contribution >= 0.6 is 24.4 Å². The van der Waals surface area contributed by atoms with Gasteiger partial charge in [0.15, 0.2) is 16.4 Å². The molecule has 2 aromatic carbocycles. The number of benzene rings is 2. The summed E-state index contributed by atoms with van der Waals surface area (Å²) in [7, 11) is 1.65. The van der Waals surface area contributed by atoms with E-state index in [4.69, 9.17) is 29.2 Å². The fourth-order valence-corrected chi connectivity index (χ4v) is 4.08. The summed E-state index contributed by atoms with van der Waals surface area (Å²) in [6.45, 7) is 2.13. The predicted molar refractivity (Wildman–Crippen MR) is 106 cm³/mol. The molecule has 0 unspecified atom stereocenters. The van der Waals surface area contributed by atoms with Gasteiger partial charge in [-0.25, -0.2) is 10.0 Å². The molecule has 0 bridgehead atoms. The number of hydrazine groups is 1. The molecule has 0 spiro atoms. The number of methoxy groups -OCH3 is 1. The molecule has 0 radical (unpaired) electrons. The van der Waals surface area contributed by atoms with E-state index in [9.17, 15) is 0 Å². The number of hydrogen-bond donors (Lipinski definition) is 2. The molecule has 5 nitrogen and oxygen atoms in total. The number of nitrogens with one attached hydrogen (secondary N) is 2. The number of thiocarbonyl (C=S) groups is 2. The average molecular weight is 371 g/mol. The first kappa shape index (κ1) is 16.1. The number of rotatable bonds is 3. The van der Waals surface area contributed by atoms with Crippen LogP contribution in [0.4, 0.5) is 5.69 Å². The Labute approximate surface area is 157 Å². The molecule has 0 aliphatic carbocycles. The van der Waals surface area contributed by atoms with Crippen molar-refractivity contribution >= 4 is 40.3 Å². The molecule has 0 saturated carbocycles. The van der Waals surface area contributed by atoms with E-state index >= 15 is 0 Å². The zero-order valence-electron chi connectivity index (χ0n) is 13.9. The maximum absolute atomic E-state index is 5.63. The molecule has 2 saturated heterocycles. The van der Waals surface area contributed by atoms with Crippen molar-refractivity contribution in [2.24, 2.45) is 0 Å². The molecule has 2 heterocycles. The largest absolute Gasteiger partial charge is 0.497 e. The fourth-order valence-electron chi connectivity index (χ4n) is 3.38. The molecule has 2 aromatic rings. The van der Waals surface area contributed by atoms with Crippen LogP contribution in [0.25, 0.3) is 0 Å². The van der Waals surface area contributed by atoms with Crippen molar-refractivity contribution < 1.29 is 4.74 Å². The summed E-state index contributed by atoms with van der Waals surface area (Å²) in [4.78, 5) is 0. The van der Waals surface area contributed by atoms with Gasteiger partial charge in [0.1, 0.15) is 11.3 Å². The lowest BCUT2D eigenvalue weighted by Crippen LogP contribution is -2.49. The molecule has 2 aliphatic heterocycles. The van der Waals surface area contributed by atoms with Crippen LogP contribution in [-0.2, 0) is 5.54 Å². The third-order valence-electron chi connectivity index (χ3n) is 4.72. The first-order valence-corrected chi connectivity index (χ1v) is 8.78. The molecule has 128 valence electrons. The summed E-state index contributed by atoms with van der Waals surface area (Å²) >= 11 is 11.2. The van der Waals surface area contributed by atoms with Gasteiger partial charge in [0.05, 0.1) is 12.8 Å². The Morgan fingerprint density at radius 1 is 1.00 bits per heavy atom. The molecule has 4 rings (SSSR count). The van der Waals surface area contributed by atoms with E-state index in [2.05, 4.69) is 29.7 Å². The molecule has 2 fully saturated rings. The van der Waals surface area contributed by atoms with Crippen LogP contribution < -0.4 is 20.4 Å². The minimum Gasteiger partial charge on any atom is -0.497 e. The van der Waals surface area contributed by atoms with Gasteiger partial charge in [0.2, 0.25) is 0 Å². The summed E-state index contributed by atoms with van der Waals surface area (Å²) in [6, 6.07) is 18.0. The molecule has 2 atom stereocenters. The van der Waals surface area contributed by atoms with Crippen LogP contribution in [0, 0.1) is 0 Å². The maximum atomic E-state index is 5.63. The normalized spacial score (nSPS) is 24.8. The van der Waals surface area contributed by atoms with Gasteiger partial charge < -0.3 is 15.4 Å². The zero-order chi connectivity index (χ0) is 17.6. The highest BCUT2D eigenvalue weighted by Crippen LogP contribution is 2.38. The summed E-state index contributed by atoms with van der Waals surface area (Å²) in [5, 5.41) is 12.1. The Hall–Kier alpha value is -2.38. The molecule has 7 heteroatoms. The van der Waals surface area contributed by atoms with Gasteiger partial charge in [-0.3, -0.25) is 0 Å². The zero-order valence-corrected chi connectivity index (χ0v) is 15.5. The van der Waals surface area contributed by atoms with Crippen molar-refractivity contribution in [1.29, 1.82) is 0 Å². The third-order valence-corrected chi connectivity index (χ3v) is 5.30. The second-order valence-electron chi connectivity index (χ2n) is 6.20. The van der Waals surface area contributed by atoms with Crippen LogP contribution in [0.3, 0.4) is 0 Å². The van der Waals surface area contributed by atoms with E-state index < -0.39 is 0 Å². The van der Waals surface area contributed by atoms with Crippen LogP contribution in [0.2, 0.25) is 0 Å². The van der Waals surface area contributed by atoms with E-state index in [1.807, 2.05) is 52.5 Å². The molecular weight excluding hydrogens is 352 g/mol. The maximum Gasteiger partial charge on any atom is 0.194 e. The molecule has 0 amide bonds. The monoisotopic (exact) mass is 370 g/mol. The summed E-state index contributed by atoms with van der Waals surface area (Å²) in [6.07, 6.45) is -0.1000. The minimum absolute atomic E-state index is 0.1000. The summed E-state index contributed by atoms with van der Waals surface area (Å²) in [5.41, 5.74) is 1.70. The quantitative estimate of drug-likeness (QED) is 0.805. The van der Waals surface area contributed by atoms with Crippen molar-refractivity contribution in [3.05, 3.63) is 60.2 Å². The lowest BCUT2D eigenvalue weighted by Gasteiger charge is -2.30. The second-order valence-corrected chi connectivity index (χ2v) is 6.98. The fraction of sp³-hybridized carbons (Fsp3) is 0.222. The molecule has 25 heavy (non-hydrogen) atoms. The smallest absolute Gasteiger partial charge is 0.194 e. The first-order chi connectivity index (χ1) is 12.0. The topological polar surface area (TPSA) is 39.8 Å². The highest BCUT2D eigenvalue weighted by atomic mass is 32.1. The molecule has 2 aliphatic rings. The van der Waals surface area contributed by atoms with Gasteiger partial charge >= 0.3 is 0 Å². The van der Waals surface area contributed by atoms with E-state index in [-0.39, 0.29) is 11.7 Å². The number of anilines is 1. The SMILES string of the molecule is COc1ccc(N2C(=S)N[C@@H]3N2C(=S)N[C@]3(C)c2ccccc2)cc1. The molecular formula is C18H18N4OS2. The van der Waals surface area contributed by atoms with Crippen LogP contribution in [0.1, 0.15) is 12.5 Å². The number of ether oxygens (including phenoxy) is 1. The summed E-state index contributed by atoms with van der Waals surface area (Å²) in [5.74, 6) is 0.801. The van der Waals surface area contributed by atoms with Crippen molar-refractivity contribution in [1.82, 2.24) is 15.6 Å². The second kappa shape index (κ2) is 5.86. The van der Waals surface area contributed by atoms with E-state index in [0.29, 0.717) is 10.2 Å². The number of hydrogen-bond acceptors (Lipinski definition) is 3. The van der Waals surface area contributed by atoms with Gasteiger partial charge in [-0.1, -0.05) is 30.3 Å². The lowest BCUT2D eigenvalue weighted by molar-refractivity contribution is 0.264. The van der Waals surface area contributed by atoms with E-state index in [0.717, 1.165) is 17.0 Å². The van der Waals surface area contributed by atoms with Crippen molar-refractivity contribution in [2.45, 2.75) is 18.6 Å². The van der Waals surface area contributed by atoms with Crippen LogP contribution in [0.15, 0.2) is 54.6 Å². The van der Waals surface area contributed by atoms with Gasteiger partial charge in [-0.05, 0) is 61.2 Å². The third kappa shape index (κ3) is 2.42. The Morgan fingerprint density at radius 2 is 1.68 bits per heavy atom. The molecule has 0 aromatic heterocycles. The highest BCUT2D eigenvalue weighted by molar-refractivity contribution is 7.81. The molecule has 2 N–H and O–H groups in total. The Balaban J connectivity index is 1.72. The highest BCUT2D eigenvalue weighted by Gasteiger charge is 2.54. The van der Waals surface area contributed by atoms with Crippen molar-refractivity contribution in [2.75, 3.05) is 12.1 Å². The summed E-state index contributed by atoms with van der Waals surface area (Å²) < 4.78 is 5.24. The lowest BCUT2D eigenvalue weighted by atomic mass is 9.90. The average Bonchev–Trinajstić information content (AvgIpc) is 3.11. The van der Waals surface area contributed by atoms with E-state index in [1.165, 1.54) is 0 Å². The van der Waals surface area contributed by atoms with Crippen molar-refractivity contribution in [3.8, 4) is 5.75 Å². The van der Waals surface area contributed by atoms with Gasteiger partial charge in [0, 0.05) is 0 Å². The van der Waals surface area contributed by atoms with Crippen LogP contribution in [-0.4, -0.2) is 28.5 Å². The predicted octanol–water partition coefficient (Wildman–Crippen LogP) is 2.74. The number of nitrogens with zero attached hydrogens (tertiary/aromatic N) is 2. The minimum atomic E-state index is -0.385.